The van der Waals surface area contributed by atoms with Gasteiger partial charge in [-0.25, -0.2) is 4.99 Å². The van der Waals surface area contributed by atoms with E-state index in [4.69, 9.17) is 4.99 Å². The van der Waals surface area contributed by atoms with Crippen molar-refractivity contribution in [1.82, 2.24) is 9.80 Å². The summed E-state index contributed by atoms with van der Waals surface area (Å²) >= 11 is 0. The summed E-state index contributed by atoms with van der Waals surface area (Å²) < 4.78 is 0. The SMILES string of the molecule is CCCCN(CCCC)C(=NCc1ccccc1)N(CCCC)CCCC. The molecule has 0 amide bonds. The molecule has 0 unspecified atom stereocenters. The van der Waals surface area contributed by atoms with Crippen LogP contribution < -0.4 is 0 Å². The van der Waals surface area contributed by atoms with E-state index in [1.54, 1.807) is 0 Å². The maximum absolute atomic E-state index is 5.17. The highest BCUT2D eigenvalue weighted by Crippen LogP contribution is 2.11. The number of rotatable bonds is 14. The summed E-state index contributed by atoms with van der Waals surface area (Å²) in [7, 11) is 0. The van der Waals surface area contributed by atoms with Gasteiger partial charge in [0.2, 0.25) is 0 Å². The Bertz CT molecular complexity index is 446. The Morgan fingerprint density at radius 1 is 0.667 bits per heavy atom. The minimum Gasteiger partial charge on any atom is -0.343 e. The predicted octanol–water partition coefficient (Wildman–Crippen LogP) is 6.35. The van der Waals surface area contributed by atoms with Crippen molar-refractivity contribution in [3.8, 4) is 0 Å². The number of unbranched alkanes of at least 4 members (excludes halogenated alkanes) is 4. The van der Waals surface area contributed by atoms with Crippen molar-refractivity contribution in [2.45, 2.75) is 85.6 Å². The number of hydrogen-bond acceptors (Lipinski definition) is 1. The summed E-state index contributed by atoms with van der Waals surface area (Å²) in [4.78, 5) is 10.3. The van der Waals surface area contributed by atoms with Gasteiger partial charge in [-0.2, -0.15) is 0 Å². The lowest BCUT2D eigenvalue weighted by Gasteiger charge is -2.35. The molecular formula is C24H43N3. The van der Waals surface area contributed by atoms with Gasteiger partial charge in [-0.3, -0.25) is 0 Å². The average molecular weight is 374 g/mol. The molecule has 1 aromatic carbocycles. The molecule has 0 aliphatic carbocycles. The van der Waals surface area contributed by atoms with Gasteiger partial charge in [0.1, 0.15) is 0 Å². The fourth-order valence-corrected chi connectivity index (χ4v) is 3.16. The second-order valence-corrected chi connectivity index (χ2v) is 7.49. The molecule has 0 aliphatic rings. The Morgan fingerprint density at radius 2 is 1.07 bits per heavy atom. The van der Waals surface area contributed by atoms with Gasteiger partial charge in [-0.05, 0) is 31.2 Å². The monoisotopic (exact) mass is 373 g/mol. The van der Waals surface area contributed by atoms with Crippen LogP contribution in [0.4, 0.5) is 0 Å². The van der Waals surface area contributed by atoms with E-state index in [1.807, 2.05) is 0 Å². The normalized spacial score (nSPS) is 10.7. The molecular weight excluding hydrogens is 330 g/mol. The van der Waals surface area contributed by atoms with E-state index in [-0.39, 0.29) is 0 Å². The summed E-state index contributed by atoms with van der Waals surface area (Å²) in [6.45, 7) is 14.4. The van der Waals surface area contributed by atoms with Crippen molar-refractivity contribution in [2.75, 3.05) is 26.2 Å². The quantitative estimate of drug-likeness (QED) is 0.279. The predicted molar refractivity (Wildman–Crippen MR) is 120 cm³/mol. The van der Waals surface area contributed by atoms with Gasteiger partial charge in [0.25, 0.3) is 0 Å². The van der Waals surface area contributed by atoms with Crippen LogP contribution in [0.5, 0.6) is 0 Å². The number of guanidine groups is 1. The highest BCUT2D eigenvalue weighted by atomic mass is 15.4. The van der Waals surface area contributed by atoms with Gasteiger partial charge in [-0.15, -0.1) is 0 Å². The number of benzene rings is 1. The number of hydrogen-bond donors (Lipinski definition) is 0. The van der Waals surface area contributed by atoms with E-state index >= 15 is 0 Å². The van der Waals surface area contributed by atoms with E-state index < -0.39 is 0 Å². The lowest BCUT2D eigenvalue weighted by molar-refractivity contribution is 0.299. The van der Waals surface area contributed by atoms with Crippen LogP contribution in [0.1, 0.15) is 84.6 Å². The summed E-state index contributed by atoms with van der Waals surface area (Å²) in [6, 6.07) is 10.7. The Morgan fingerprint density at radius 3 is 1.44 bits per heavy atom. The number of aliphatic imine (C=N–C) groups is 1. The number of nitrogens with zero attached hydrogens (tertiary/aromatic N) is 3. The molecule has 1 rings (SSSR count). The van der Waals surface area contributed by atoms with Crippen LogP contribution >= 0.6 is 0 Å². The molecule has 27 heavy (non-hydrogen) atoms. The van der Waals surface area contributed by atoms with Crippen molar-refractivity contribution in [3.05, 3.63) is 35.9 Å². The van der Waals surface area contributed by atoms with Crippen LogP contribution in [0, 0.1) is 0 Å². The van der Waals surface area contributed by atoms with E-state index in [1.165, 1.54) is 62.9 Å². The second-order valence-electron chi connectivity index (χ2n) is 7.49. The third-order valence-electron chi connectivity index (χ3n) is 4.94. The summed E-state index contributed by atoms with van der Waals surface area (Å²) in [6.07, 6.45) is 9.90. The summed E-state index contributed by atoms with van der Waals surface area (Å²) in [5.41, 5.74) is 1.30. The van der Waals surface area contributed by atoms with E-state index in [0.29, 0.717) is 0 Å². The molecule has 0 bridgehead atoms. The maximum Gasteiger partial charge on any atom is 0.196 e. The zero-order valence-corrected chi connectivity index (χ0v) is 18.4. The third kappa shape index (κ3) is 9.83. The molecule has 0 atom stereocenters. The average Bonchev–Trinajstić information content (AvgIpc) is 2.71. The zero-order chi connectivity index (χ0) is 19.7. The fourth-order valence-electron chi connectivity index (χ4n) is 3.16. The van der Waals surface area contributed by atoms with E-state index in [2.05, 4.69) is 67.8 Å². The van der Waals surface area contributed by atoms with Crippen LogP contribution in [0.15, 0.2) is 35.3 Å². The van der Waals surface area contributed by atoms with Gasteiger partial charge in [0, 0.05) is 26.2 Å². The standard InChI is InChI=1S/C24H43N3/c1-5-9-18-26(19-10-6-2)24(25-22-23-16-14-13-15-17-23)27(20-11-7-3)21-12-8-4/h13-17H,5-12,18-22H2,1-4H3. The van der Waals surface area contributed by atoms with Gasteiger partial charge < -0.3 is 9.80 Å². The van der Waals surface area contributed by atoms with Gasteiger partial charge in [-0.1, -0.05) is 83.7 Å². The van der Waals surface area contributed by atoms with Crippen molar-refractivity contribution >= 4 is 5.96 Å². The van der Waals surface area contributed by atoms with Gasteiger partial charge in [0.05, 0.1) is 6.54 Å². The first-order chi connectivity index (χ1) is 13.3. The fraction of sp³-hybridized carbons (Fsp3) is 0.708. The highest BCUT2D eigenvalue weighted by molar-refractivity contribution is 5.80. The smallest absolute Gasteiger partial charge is 0.196 e. The molecule has 0 aromatic heterocycles. The molecule has 0 radical (unpaired) electrons. The van der Waals surface area contributed by atoms with E-state index in [0.717, 1.165) is 32.7 Å². The maximum atomic E-state index is 5.17. The lowest BCUT2D eigenvalue weighted by Crippen LogP contribution is -2.46. The molecule has 154 valence electrons. The first-order valence-corrected chi connectivity index (χ1v) is 11.3. The minimum absolute atomic E-state index is 0.777. The first-order valence-electron chi connectivity index (χ1n) is 11.3. The molecule has 0 saturated carbocycles. The Labute approximate surface area is 168 Å². The molecule has 0 N–H and O–H groups in total. The molecule has 0 saturated heterocycles. The molecule has 0 heterocycles. The molecule has 0 fully saturated rings. The summed E-state index contributed by atoms with van der Waals surface area (Å²) in [5.74, 6) is 1.24. The third-order valence-corrected chi connectivity index (χ3v) is 4.94. The highest BCUT2D eigenvalue weighted by Gasteiger charge is 2.18. The van der Waals surface area contributed by atoms with Crippen LogP contribution in [0.2, 0.25) is 0 Å². The van der Waals surface area contributed by atoms with E-state index in [9.17, 15) is 0 Å². The van der Waals surface area contributed by atoms with Gasteiger partial charge >= 0.3 is 0 Å². The van der Waals surface area contributed by atoms with Crippen molar-refractivity contribution in [2.24, 2.45) is 4.99 Å². The molecule has 3 nitrogen and oxygen atoms in total. The van der Waals surface area contributed by atoms with Gasteiger partial charge in [0.15, 0.2) is 5.96 Å². The molecule has 3 heteroatoms. The van der Waals surface area contributed by atoms with Crippen LogP contribution in [0.3, 0.4) is 0 Å². The van der Waals surface area contributed by atoms with Crippen molar-refractivity contribution in [3.63, 3.8) is 0 Å². The zero-order valence-electron chi connectivity index (χ0n) is 18.4. The van der Waals surface area contributed by atoms with Crippen molar-refractivity contribution < 1.29 is 0 Å². The first kappa shape index (κ1) is 23.5. The molecule has 0 aliphatic heterocycles. The summed E-state index contributed by atoms with van der Waals surface area (Å²) in [5, 5.41) is 0. The Hall–Kier alpha value is -1.51. The van der Waals surface area contributed by atoms with Crippen LogP contribution in [0.25, 0.3) is 0 Å². The minimum atomic E-state index is 0.777. The Kier molecular flexibility index (Phi) is 13.5. The van der Waals surface area contributed by atoms with Crippen molar-refractivity contribution in [1.29, 1.82) is 0 Å². The largest absolute Gasteiger partial charge is 0.343 e. The molecule has 0 spiro atoms. The molecule has 1 aromatic rings. The lowest BCUT2D eigenvalue weighted by atomic mass is 10.2. The second kappa shape index (κ2) is 15.5. The topological polar surface area (TPSA) is 18.8 Å². The van der Waals surface area contributed by atoms with Crippen LogP contribution in [-0.2, 0) is 6.54 Å². The Balaban J connectivity index is 3.06. The van der Waals surface area contributed by atoms with Crippen LogP contribution in [-0.4, -0.2) is 41.9 Å².